The third-order valence-corrected chi connectivity index (χ3v) is 1.60. The average Bonchev–Trinajstić information content (AvgIpc) is 2.13. The molecule has 0 saturated carbocycles. The lowest BCUT2D eigenvalue weighted by Gasteiger charge is -2.19. The molecule has 0 N–H and O–H groups in total. The molecule has 2 heteroatoms. The van der Waals surface area contributed by atoms with Crippen LogP contribution in [0.15, 0.2) is 0 Å². The monoisotopic (exact) mass is 128 g/mol. The van der Waals surface area contributed by atoms with Gasteiger partial charge in [-0.1, -0.05) is 6.92 Å². The molecule has 0 aromatic carbocycles. The van der Waals surface area contributed by atoms with Crippen LogP contribution >= 0.6 is 0 Å². The van der Waals surface area contributed by atoms with Crippen molar-refractivity contribution in [3.63, 3.8) is 0 Å². The molecule has 1 fully saturated rings. The van der Waals surface area contributed by atoms with E-state index in [4.69, 9.17) is 16.4 Å². The zero-order valence-electron chi connectivity index (χ0n) is 5.89. The van der Waals surface area contributed by atoms with Crippen molar-refractivity contribution in [2.45, 2.75) is 32.2 Å². The first-order chi connectivity index (χ1) is 4.16. The van der Waals surface area contributed by atoms with Gasteiger partial charge < -0.3 is 9.47 Å². The van der Waals surface area contributed by atoms with Crippen LogP contribution in [0.2, 0.25) is 0 Å². The molecule has 0 aliphatic carbocycles. The standard InChI is InChI=1S/C7H12O2/c1-4-7(3)8-5-6(2)9-7/h2,6H,4-5H2,1,3H3. The fraction of sp³-hybridized carbons (Fsp3) is 0.857. The van der Waals surface area contributed by atoms with Crippen molar-refractivity contribution >= 4 is 0 Å². The predicted octanol–water partition coefficient (Wildman–Crippen LogP) is 1.24. The van der Waals surface area contributed by atoms with Crippen molar-refractivity contribution in [1.29, 1.82) is 0 Å². The van der Waals surface area contributed by atoms with Gasteiger partial charge >= 0.3 is 0 Å². The third kappa shape index (κ3) is 1.43. The van der Waals surface area contributed by atoms with Gasteiger partial charge in [0.05, 0.1) is 12.7 Å². The van der Waals surface area contributed by atoms with Gasteiger partial charge in [0.2, 0.25) is 0 Å². The van der Waals surface area contributed by atoms with Crippen LogP contribution in [0.1, 0.15) is 20.3 Å². The third-order valence-electron chi connectivity index (χ3n) is 1.60. The minimum absolute atomic E-state index is 0.227. The van der Waals surface area contributed by atoms with Crippen LogP contribution in [0.4, 0.5) is 0 Å². The molecule has 52 valence electrons. The largest absolute Gasteiger partial charge is 0.348 e. The molecule has 2 nitrogen and oxygen atoms in total. The van der Waals surface area contributed by atoms with Gasteiger partial charge in [-0.2, -0.15) is 0 Å². The second-order valence-corrected chi connectivity index (χ2v) is 2.45. The summed E-state index contributed by atoms with van der Waals surface area (Å²) in [5, 5.41) is 0. The summed E-state index contributed by atoms with van der Waals surface area (Å²) in [4.78, 5) is 0. The Hall–Kier alpha value is -0.0800. The van der Waals surface area contributed by atoms with Gasteiger partial charge in [-0.05, 0) is 20.3 Å². The summed E-state index contributed by atoms with van der Waals surface area (Å²) < 4.78 is 10.5. The van der Waals surface area contributed by atoms with E-state index in [1.165, 1.54) is 0 Å². The van der Waals surface area contributed by atoms with E-state index in [0.29, 0.717) is 6.61 Å². The van der Waals surface area contributed by atoms with Gasteiger partial charge in [-0.3, -0.25) is 0 Å². The lowest BCUT2D eigenvalue weighted by atomic mass is 10.2. The highest BCUT2D eigenvalue weighted by Crippen LogP contribution is 2.25. The minimum Gasteiger partial charge on any atom is -0.348 e. The Bertz CT molecular complexity index is 103. The maximum absolute atomic E-state index is 5.44. The van der Waals surface area contributed by atoms with Gasteiger partial charge in [0.25, 0.3) is 0 Å². The second-order valence-electron chi connectivity index (χ2n) is 2.45. The van der Waals surface area contributed by atoms with Crippen LogP contribution in [0.25, 0.3) is 0 Å². The maximum Gasteiger partial charge on any atom is 0.165 e. The fourth-order valence-electron chi connectivity index (χ4n) is 0.832. The summed E-state index contributed by atoms with van der Waals surface area (Å²) in [6, 6.07) is 0. The Morgan fingerprint density at radius 1 is 1.78 bits per heavy atom. The highest BCUT2D eigenvalue weighted by molar-refractivity contribution is 4.74. The summed E-state index contributed by atoms with van der Waals surface area (Å²) >= 11 is 0. The Labute approximate surface area is 56.2 Å². The van der Waals surface area contributed by atoms with E-state index in [-0.39, 0.29) is 6.10 Å². The van der Waals surface area contributed by atoms with Gasteiger partial charge in [-0.15, -0.1) is 0 Å². The van der Waals surface area contributed by atoms with Crippen molar-refractivity contribution in [1.82, 2.24) is 0 Å². The molecular formula is C7H12O2. The van der Waals surface area contributed by atoms with Crippen LogP contribution in [-0.2, 0) is 9.47 Å². The van der Waals surface area contributed by atoms with Crippen molar-refractivity contribution < 1.29 is 9.47 Å². The molecule has 1 aliphatic rings. The van der Waals surface area contributed by atoms with Crippen molar-refractivity contribution in [3.8, 4) is 0 Å². The Morgan fingerprint density at radius 2 is 2.44 bits per heavy atom. The smallest absolute Gasteiger partial charge is 0.165 e. The minimum atomic E-state index is -0.417. The predicted molar refractivity (Wildman–Crippen MR) is 33.8 cm³/mol. The van der Waals surface area contributed by atoms with E-state index in [1.54, 1.807) is 0 Å². The quantitative estimate of drug-likeness (QED) is 0.529. The molecule has 0 bridgehead atoms. The van der Waals surface area contributed by atoms with E-state index < -0.39 is 5.79 Å². The van der Waals surface area contributed by atoms with E-state index in [9.17, 15) is 0 Å². The molecule has 1 aliphatic heterocycles. The Morgan fingerprint density at radius 3 is 2.67 bits per heavy atom. The number of hydrogen-bond acceptors (Lipinski definition) is 2. The van der Waals surface area contributed by atoms with Crippen LogP contribution in [0.5, 0.6) is 0 Å². The highest BCUT2D eigenvalue weighted by Gasteiger charge is 2.32. The molecule has 0 amide bonds. The SMILES string of the molecule is [CH]C1COC(C)(CC)O1. The van der Waals surface area contributed by atoms with Crippen molar-refractivity contribution in [2.75, 3.05) is 6.61 Å². The summed E-state index contributed by atoms with van der Waals surface area (Å²) in [5.41, 5.74) is 0. The molecule has 1 rings (SSSR count). The van der Waals surface area contributed by atoms with E-state index >= 15 is 0 Å². The molecule has 0 spiro atoms. The van der Waals surface area contributed by atoms with Crippen LogP contribution in [-0.4, -0.2) is 18.5 Å². The van der Waals surface area contributed by atoms with Crippen LogP contribution < -0.4 is 0 Å². The number of rotatable bonds is 1. The Kier molecular flexibility index (Phi) is 1.78. The number of hydrogen-bond donors (Lipinski definition) is 0. The normalized spacial score (nSPS) is 43.7. The highest BCUT2D eigenvalue weighted by atomic mass is 16.7. The van der Waals surface area contributed by atoms with Gasteiger partial charge in [0, 0.05) is 0 Å². The molecule has 2 atom stereocenters. The maximum atomic E-state index is 5.44. The van der Waals surface area contributed by atoms with Gasteiger partial charge in [0.15, 0.2) is 5.79 Å². The van der Waals surface area contributed by atoms with E-state index in [2.05, 4.69) is 0 Å². The van der Waals surface area contributed by atoms with Crippen molar-refractivity contribution in [2.24, 2.45) is 0 Å². The molecule has 1 heterocycles. The summed E-state index contributed by atoms with van der Waals surface area (Å²) in [7, 11) is 0. The first-order valence-corrected chi connectivity index (χ1v) is 3.23. The molecule has 0 aromatic heterocycles. The zero-order valence-corrected chi connectivity index (χ0v) is 5.89. The molecule has 2 unspecified atom stereocenters. The van der Waals surface area contributed by atoms with E-state index in [1.807, 2.05) is 13.8 Å². The zero-order chi connectivity index (χ0) is 6.91. The first kappa shape index (κ1) is 7.03. The second kappa shape index (κ2) is 2.27. The first-order valence-electron chi connectivity index (χ1n) is 3.23. The van der Waals surface area contributed by atoms with Crippen molar-refractivity contribution in [3.05, 3.63) is 6.92 Å². The fourth-order valence-corrected chi connectivity index (χ4v) is 0.832. The summed E-state index contributed by atoms with van der Waals surface area (Å²) in [6.45, 7) is 9.87. The summed E-state index contributed by atoms with van der Waals surface area (Å²) in [6.07, 6.45) is 0.621. The molecule has 0 aromatic rings. The lowest BCUT2D eigenvalue weighted by Crippen LogP contribution is -2.24. The van der Waals surface area contributed by atoms with Gasteiger partial charge in [-0.25, -0.2) is 0 Å². The van der Waals surface area contributed by atoms with E-state index in [0.717, 1.165) is 6.42 Å². The summed E-state index contributed by atoms with van der Waals surface area (Å²) in [5.74, 6) is -0.417. The Balaban J connectivity index is 2.45. The van der Waals surface area contributed by atoms with Crippen LogP contribution in [0, 0.1) is 6.92 Å². The molecule has 1 saturated heterocycles. The lowest BCUT2D eigenvalue weighted by molar-refractivity contribution is -0.150. The average molecular weight is 128 g/mol. The topological polar surface area (TPSA) is 18.5 Å². The molecular weight excluding hydrogens is 116 g/mol. The van der Waals surface area contributed by atoms with Crippen LogP contribution in [0.3, 0.4) is 0 Å². The molecule has 2 radical (unpaired) electrons. The van der Waals surface area contributed by atoms with Gasteiger partial charge in [0.1, 0.15) is 0 Å². The molecule has 9 heavy (non-hydrogen) atoms. The number of ether oxygens (including phenoxy) is 2.